The van der Waals surface area contributed by atoms with E-state index in [0.29, 0.717) is 36.3 Å². The number of nitrogens with zero attached hydrogens (tertiary/aromatic N) is 6. The van der Waals surface area contributed by atoms with E-state index in [9.17, 15) is 13.2 Å². The fraction of sp³-hybridized carbons (Fsp3) is 0.444. The van der Waals surface area contributed by atoms with Crippen LogP contribution in [0.1, 0.15) is 12.1 Å². The van der Waals surface area contributed by atoms with E-state index in [0.717, 1.165) is 31.0 Å². The summed E-state index contributed by atoms with van der Waals surface area (Å²) in [7, 11) is 1.54. The van der Waals surface area contributed by atoms with Gasteiger partial charge in [-0.15, -0.1) is 5.10 Å². The molecule has 0 amide bonds. The number of alkyl halides is 3. The Morgan fingerprint density at radius 3 is 2.72 bits per heavy atom. The van der Waals surface area contributed by atoms with Gasteiger partial charge in [0.05, 0.1) is 7.11 Å². The summed E-state index contributed by atoms with van der Waals surface area (Å²) in [6, 6.07) is 2.74. The van der Waals surface area contributed by atoms with Crippen LogP contribution in [0.15, 0.2) is 24.5 Å². The Bertz CT molecular complexity index is 1060. The molecule has 2 aliphatic rings. The summed E-state index contributed by atoms with van der Waals surface area (Å²) in [5.74, 6) is 1.07. The first-order valence-corrected chi connectivity index (χ1v) is 9.15. The third-order valence-corrected chi connectivity index (χ3v) is 5.64. The molecule has 0 saturated carbocycles. The highest BCUT2D eigenvalue weighted by Gasteiger charge is 2.48. The first-order valence-electron chi connectivity index (χ1n) is 9.15. The summed E-state index contributed by atoms with van der Waals surface area (Å²) < 4.78 is 43.9. The maximum absolute atomic E-state index is 12.9. The number of aromatic nitrogens is 5. The SMILES string of the molecule is COc1n[nH]c2nc(N3CCC4(CN(c5ccnc(C(F)(F)F)c5)C4)C3)ncc12. The van der Waals surface area contributed by atoms with Gasteiger partial charge in [0.1, 0.15) is 11.1 Å². The molecule has 0 atom stereocenters. The lowest BCUT2D eigenvalue weighted by Crippen LogP contribution is -2.57. The normalized spacial score (nSPS) is 18.5. The van der Waals surface area contributed by atoms with Gasteiger partial charge in [0.25, 0.3) is 0 Å². The molecule has 11 heteroatoms. The van der Waals surface area contributed by atoms with Gasteiger partial charge in [-0.25, -0.2) is 4.98 Å². The van der Waals surface area contributed by atoms with Crippen LogP contribution in [0, 0.1) is 5.41 Å². The van der Waals surface area contributed by atoms with Gasteiger partial charge in [-0.2, -0.15) is 18.2 Å². The fourth-order valence-electron chi connectivity index (χ4n) is 4.17. The van der Waals surface area contributed by atoms with Crippen LogP contribution >= 0.6 is 0 Å². The Morgan fingerprint density at radius 1 is 1.17 bits per heavy atom. The molecule has 0 radical (unpaired) electrons. The second-order valence-corrected chi connectivity index (χ2v) is 7.59. The minimum atomic E-state index is -4.44. The molecule has 0 bridgehead atoms. The number of anilines is 2. The van der Waals surface area contributed by atoms with Crippen LogP contribution in [0.5, 0.6) is 5.88 Å². The molecular weight excluding hydrogens is 387 g/mol. The Balaban J connectivity index is 1.29. The van der Waals surface area contributed by atoms with Gasteiger partial charge in [-0.3, -0.25) is 10.1 Å². The molecule has 1 spiro atoms. The van der Waals surface area contributed by atoms with Crippen molar-refractivity contribution < 1.29 is 17.9 Å². The number of aromatic amines is 1. The van der Waals surface area contributed by atoms with Crippen LogP contribution in [0.25, 0.3) is 11.0 Å². The molecule has 152 valence electrons. The number of rotatable bonds is 3. The maximum atomic E-state index is 12.9. The summed E-state index contributed by atoms with van der Waals surface area (Å²) >= 11 is 0. The van der Waals surface area contributed by atoms with Gasteiger partial charge >= 0.3 is 6.18 Å². The van der Waals surface area contributed by atoms with Gasteiger partial charge in [0.15, 0.2) is 5.65 Å². The van der Waals surface area contributed by atoms with Crippen molar-refractivity contribution in [3.05, 3.63) is 30.2 Å². The standard InChI is InChI=1S/C18H18F3N7O/c1-29-15-12-7-23-16(24-14(12)25-26-15)27-5-3-17(8-27)9-28(10-17)11-2-4-22-13(6-11)18(19,20)21/h2,4,6-7H,3,5,8-10H2,1H3,(H,23,24,25,26). The van der Waals surface area contributed by atoms with E-state index < -0.39 is 11.9 Å². The average Bonchev–Trinajstić information content (AvgIpc) is 3.30. The molecule has 0 aliphatic carbocycles. The second-order valence-electron chi connectivity index (χ2n) is 7.59. The van der Waals surface area contributed by atoms with Crippen molar-refractivity contribution in [1.82, 2.24) is 25.1 Å². The number of hydrogen-bond donors (Lipinski definition) is 1. The van der Waals surface area contributed by atoms with Gasteiger partial charge in [0.2, 0.25) is 11.8 Å². The summed E-state index contributed by atoms with van der Waals surface area (Å²) in [5, 5.41) is 7.60. The number of ether oxygens (including phenoxy) is 1. The smallest absolute Gasteiger partial charge is 0.433 e. The largest absolute Gasteiger partial charge is 0.479 e. The Kier molecular flexibility index (Phi) is 3.83. The molecule has 0 aromatic carbocycles. The zero-order valence-corrected chi connectivity index (χ0v) is 15.6. The molecule has 8 nitrogen and oxygen atoms in total. The van der Waals surface area contributed by atoms with E-state index in [1.165, 1.54) is 13.3 Å². The van der Waals surface area contributed by atoms with Crippen molar-refractivity contribution in [3.8, 4) is 5.88 Å². The van der Waals surface area contributed by atoms with Gasteiger partial charge in [0, 0.05) is 49.7 Å². The quantitative estimate of drug-likeness (QED) is 0.717. The minimum Gasteiger partial charge on any atom is -0.479 e. The first kappa shape index (κ1) is 18.0. The van der Waals surface area contributed by atoms with E-state index in [1.54, 1.807) is 12.3 Å². The van der Waals surface area contributed by atoms with E-state index in [2.05, 4.69) is 30.0 Å². The van der Waals surface area contributed by atoms with Crippen LogP contribution in [0.3, 0.4) is 0 Å². The second kappa shape index (κ2) is 6.19. The molecule has 0 unspecified atom stereocenters. The maximum Gasteiger partial charge on any atom is 0.433 e. The van der Waals surface area contributed by atoms with Crippen molar-refractivity contribution in [3.63, 3.8) is 0 Å². The summed E-state index contributed by atoms with van der Waals surface area (Å²) in [5.41, 5.74) is 0.338. The number of H-pyrrole nitrogens is 1. The number of nitrogens with one attached hydrogen (secondary N) is 1. The van der Waals surface area contributed by atoms with Crippen molar-refractivity contribution in [2.45, 2.75) is 12.6 Å². The van der Waals surface area contributed by atoms with E-state index in [1.807, 2.05) is 4.90 Å². The number of hydrogen-bond acceptors (Lipinski definition) is 7. The van der Waals surface area contributed by atoms with E-state index in [4.69, 9.17) is 4.74 Å². The van der Waals surface area contributed by atoms with E-state index >= 15 is 0 Å². The van der Waals surface area contributed by atoms with Crippen LogP contribution in [0.2, 0.25) is 0 Å². The van der Waals surface area contributed by atoms with Crippen molar-refractivity contribution in [2.24, 2.45) is 5.41 Å². The van der Waals surface area contributed by atoms with Gasteiger partial charge < -0.3 is 14.5 Å². The molecular formula is C18H18F3N7O. The van der Waals surface area contributed by atoms with Crippen LogP contribution in [-0.2, 0) is 6.18 Å². The summed E-state index contributed by atoms with van der Waals surface area (Å²) in [4.78, 5) is 16.5. The highest BCUT2D eigenvalue weighted by atomic mass is 19.4. The van der Waals surface area contributed by atoms with Gasteiger partial charge in [-0.05, 0) is 18.6 Å². The highest BCUT2D eigenvalue weighted by Crippen LogP contribution is 2.43. The van der Waals surface area contributed by atoms with Crippen molar-refractivity contribution >= 4 is 22.7 Å². The lowest BCUT2D eigenvalue weighted by atomic mass is 9.79. The monoisotopic (exact) mass is 405 g/mol. The zero-order chi connectivity index (χ0) is 20.2. The predicted molar refractivity (Wildman–Crippen MR) is 99.0 cm³/mol. The molecule has 3 aromatic heterocycles. The number of pyridine rings is 1. The lowest BCUT2D eigenvalue weighted by molar-refractivity contribution is -0.141. The van der Waals surface area contributed by atoms with E-state index in [-0.39, 0.29) is 5.41 Å². The Hall–Kier alpha value is -3.11. The molecule has 3 aromatic rings. The molecule has 5 rings (SSSR count). The van der Waals surface area contributed by atoms with Crippen LogP contribution in [-0.4, -0.2) is 58.4 Å². The molecule has 29 heavy (non-hydrogen) atoms. The Morgan fingerprint density at radius 2 is 1.97 bits per heavy atom. The molecule has 5 heterocycles. The predicted octanol–water partition coefficient (Wildman–Crippen LogP) is 2.49. The summed E-state index contributed by atoms with van der Waals surface area (Å²) in [6.07, 6.45) is -0.595. The fourth-order valence-corrected chi connectivity index (χ4v) is 4.17. The van der Waals surface area contributed by atoms with Gasteiger partial charge in [-0.1, -0.05) is 0 Å². The topological polar surface area (TPSA) is 83.1 Å². The van der Waals surface area contributed by atoms with Crippen LogP contribution in [0.4, 0.5) is 24.8 Å². The first-order chi connectivity index (χ1) is 13.9. The molecule has 2 saturated heterocycles. The third-order valence-electron chi connectivity index (χ3n) is 5.64. The molecule has 1 N–H and O–H groups in total. The number of fused-ring (bicyclic) bond motifs is 1. The lowest BCUT2D eigenvalue weighted by Gasteiger charge is -2.49. The third kappa shape index (κ3) is 3.00. The molecule has 2 aliphatic heterocycles. The number of methoxy groups -OCH3 is 1. The number of halogens is 3. The highest BCUT2D eigenvalue weighted by molar-refractivity contribution is 5.80. The molecule has 2 fully saturated rings. The minimum absolute atomic E-state index is 0.0334. The average molecular weight is 405 g/mol. The summed E-state index contributed by atoms with van der Waals surface area (Å²) in [6.45, 7) is 2.96. The van der Waals surface area contributed by atoms with Crippen LogP contribution < -0.4 is 14.5 Å². The van der Waals surface area contributed by atoms with Crippen molar-refractivity contribution in [1.29, 1.82) is 0 Å². The zero-order valence-electron chi connectivity index (χ0n) is 15.6. The Labute approximate surface area is 163 Å². The van der Waals surface area contributed by atoms with Crippen molar-refractivity contribution in [2.75, 3.05) is 43.1 Å².